The Balaban J connectivity index is 2.57. The summed E-state index contributed by atoms with van der Waals surface area (Å²) in [5.74, 6) is 0.722. The van der Waals surface area contributed by atoms with Crippen molar-refractivity contribution in [2.45, 2.75) is 46.0 Å². The van der Waals surface area contributed by atoms with E-state index in [0.29, 0.717) is 5.69 Å². The molecule has 92 valence electrons. The highest BCUT2D eigenvalue weighted by Gasteiger charge is 2.13. The lowest BCUT2D eigenvalue weighted by Crippen LogP contribution is -2.03. The summed E-state index contributed by atoms with van der Waals surface area (Å²) in [5.41, 5.74) is 7.66. The number of nitrogens with two attached hydrogens (primary N) is 1. The molecule has 0 saturated heterocycles. The summed E-state index contributed by atoms with van der Waals surface area (Å²) in [4.78, 5) is 0. The predicted octanol–water partition coefficient (Wildman–Crippen LogP) is 2.52. The van der Waals surface area contributed by atoms with Crippen LogP contribution in [0.1, 0.15) is 45.2 Å². The first kappa shape index (κ1) is 12.9. The summed E-state index contributed by atoms with van der Waals surface area (Å²) in [6.45, 7) is 5.02. The minimum atomic E-state index is 0.709. The molecule has 1 heterocycles. The Morgan fingerprint density at radius 2 is 2.00 bits per heavy atom. The van der Waals surface area contributed by atoms with E-state index >= 15 is 0 Å². The van der Waals surface area contributed by atoms with E-state index < -0.39 is 0 Å². The monoisotopic (exact) mass is 225 g/mol. The molecule has 4 heteroatoms. The Bertz CT molecular complexity index is 320. The first-order valence-corrected chi connectivity index (χ1v) is 6.14. The quantitative estimate of drug-likeness (QED) is 0.725. The molecule has 0 amide bonds. The Kier molecular flexibility index (Phi) is 5.15. The fourth-order valence-electron chi connectivity index (χ4n) is 1.69. The Hall–Kier alpha value is -1.19. The second kappa shape index (κ2) is 6.40. The Labute approximate surface area is 97.8 Å². The van der Waals surface area contributed by atoms with Crippen LogP contribution in [0.2, 0.25) is 0 Å². The largest absolute Gasteiger partial charge is 0.476 e. The first-order chi connectivity index (χ1) is 7.70. The number of ether oxygens (including phenoxy) is 1. The molecule has 0 aromatic carbocycles. The summed E-state index contributed by atoms with van der Waals surface area (Å²) in [5, 5.41) is 4.37. The van der Waals surface area contributed by atoms with Crippen molar-refractivity contribution < 1.29 is 4.74 Å². The van der Waals surface area contributed by atoms with Gasteiger partial charge in [0.05, 0.1) is 12.3 Å². The summed E-state index contributed by atoms with van der Waals surface area (Å²) in [7, 11) is 1.88. The third-order valence-corrected chi connectivity index (χ3v) is 2.58. The second-order valence-electron chi connectivity index (χ2n) is 4.09. The fraction of sp³-hybridized carbons (Fsp3) is 0.750. The number of nitrogens with zero attached hydrogens (tertiary/aromatic N) is 2. The van der Waals surface area contributed by atoms with E-state index in [1.807, 2.05) is 7.05 Å². The van der Waals surface area contributed by atoms with Crippen LogP contribution in [0.3, 0.4) is 0 Å². The van der Waals surface area contributed by atoms with Crippen LogP contribution in [0, 0.1) is 0 Å². The standard InChI is InChI=1S/C12H23N3O/c1-4-6-7-9-16-12-11(13)10(8-5-2)14-15(12)3/h4-9,13H2,1-3H3. The highest BCUT2D eigenvalue weighted by Crippen LogP contribution is 2.25. The van der Waals surface area contributed by atoms with Gasteiger partial charge in [-0.2, -0.15) is 5.10 Å². The van der Waals surface area contributed by atoms with Crippen LogP contribution in [-0.2, 0) is 13.5 Å². The van der Waals surface area contributed by atoms with Gasteiger partial charge in [0, 0.05) is 7.05 Å². The van der Waals surface area contributed by atoms with Gasteiger partial charge in [0.1, 0.15) is 5.69 Å². The molecule has 1 rings (SSSR count). The van der Waals surface area contributed by atoms with Crippen molar-refractivity contribution in [3.05, 3.63) is 5.69 Å². The fourth-order valence-corrected chi connectivity index (χ4v) is 1.69. The van der Waals surface area contributed by atoms with Gasteiger partial charge in [-0.3, -0.25) is 0 Å². The zero-order valence-electron chi connectivity index (χ0n) is 10.6. The number of aryl methyl sites for hydroxylation is 2. The smallest absolute Gasteiger partial charge is 0.235 e. The van der Waals surface area contributed by atoms with Crippen LogP contribution in [0.4, 0.5) is 5.69 Å². The maximum atomic E-state index is 6.00. The van der Waals surface area contributed by atoms with Gasteiger partial charge in [0.25, 0.3) is 0 Å². The van der Waals surface area contributed by atoms with Crippen molar-refractivity contribution >= 4 is 5.69 Å². The topological polar surface area (TPSA) is 53.1 Å². The molecule has 1 aromatic heterocycles. The number of unbranched alkanes of at least 4 members (excludes halogenated alkanes) is 2. The predicted molar refractivity (Wildman–Crippen MR) is 66.6 cm³/mol. The molecule has 0 radical (unpaired) electrons. The lowest BCUT2D eigenvalue weighted by Gasteiger charge is -2.06. The molecule has 0 aliphatic carbocycles. The molecule has 0 unspecified atom stereocenters. The average molecular weight is 225 g/mol. The number of hydrogen-bond acceptors (Lipinski definition) is 3. The van der Waals surface area contributed by atoms with Crippen LogP contribution >= 0.6 is 0 Å². The van der Waals surface area contributed by atoms with Crippen molar-refractivity contribution in [2.24, 2.45) is 7.05 Å². The minimum Gasteiger partial charge on any atom is -0.476 e. The van der Waals surface area contributed by atoms with Crippen molar-refractivity contribution in [3.63, 3.8) is 0 Å². The first-order valence-electron chi connectivity index (χ1n) is 6.14. The number of nitrogen functional groups attached to an aromatic ring is 1. The normalized spacial score (nSPS) is 10.7. The minimum absolute atomic E-state index is 0.709. The van der Waals surface area contributed by atoms with Gasteiger partial charge in [-0.05, 0) is 12.8 Å². The van der Waals surface area contributed by atoms with Gasteiger partial charge >= 0.3 is 0 Å². The summed E-state index contributed by atoms with van der Waals surface area (Å²) in [6, 6.07) is 0. The van der Waals surface area contributed by atoms with Gasteiger partial charge in [-0.25, -0.2) is 4.68 Å². The van der Waals surface area contributed by atoms with Crippen molar-refractivity contribution in [3.8, 4) is 5.88 Å². The van der Waals surface area contributed by atoms with Gasteiger partial charge in [-0.1, -0.05) is 33.1 Å². The van der Waals surface area contributed by atoms with Crippen LogP contribution in [0.15, 0.2) is 0 Å². The van der Waals surface area contributed by atoms with Crippen LogP contribution in [0.5, 0.6) is 5.88 Å². The lowest BCUT2D eigenvalue weighted by molar-refractivity contribution is 0.282. The molecule has 0 fully saturated rings. The molecule has 0 bridgehead atoms. The van der Waals surface area contributed by atoms with E-state index in [9.17, 15) is 0 Å². The number of rotatable bonds is 7. The number of aromatic nitrogens is 2. The Morgan fingerprint density at radius 1 is 1.25 bits per heavy atom. The average Bonchev–Trinajstić information content (AvgIpc) is 2.52. The van der Waals surface area contributed by atoms with Gasteiger partial charge in [0.15, 0.2) is 0 Å². The van der Waals surface area contributed by atoms with E-state index in [-0.39, 0.29) is 0 Å². The van der Waals surface area contributed by atoms with Crippen molar-refractivity contribution in [1.29, 1.82) is 0 Å². The molecule has 0 aliphatic rings. The number of anilines is 1. The Morgan fingerprint density at radius 3 is 2.62 bits per heavy atom. The van der Waals surface area contributed by atoms with Crippen LogP contribution in [-0.4, -0.2) is 16.4 Å². The summed E-state index contributed by atoms with van der Waals surface area (Å²) < 4.78 is 7.41. The van der Waals surface area contributed by atoms with Gasteiger partial charge in [0.2, 0.25) is 5.88 Å². The third kappa shape index (κ3) is 3.15. The molecule has 2 N–H and O–H groups in total. The highest BCUT2D eigenvalue weighted by atomic mass is 16.5. The SMILES string of the molecule is CCCCCOc1c(N)c(CCC)nn1C. The molecule has 0 atom stereocenters. The lowest BCUT2D eigenvalue weighted by atomic mass is 10.2. The van der Waals surface area contributed by atoms with E-state index in [1.54, 1.807) is 4.68 Å². The molecule has 4 nitrogen and oxygen atoms in total. The maximum Gasteiger partial charge on any atom is 0.235 e. The molecule has 0 spiro atoms. The molecular weight excluding hydrogens is 202 g/mol. The van der Waals surface area contributed by atoms with E-state index in [0.717, 1.165) is 37.4 Å². The molecule has 1 aromatic rings. The van der Waals surface area contributed by atoms with Crippen molar-refractivity contribution in [1.82, 2.24) is 9.78 Å². The van der Waals surface area contributed by atoms with Crippen molar-refractivity contribution in [2.75, 3.05) is 12.3 Å². The van der Waals surface area contributed by atoms with Crippen LogP contribution < -0.4 is 10.5 Å². The van der Waals surface area contributed by atoms with E-state index in [2.05, 4.69) is 18.9 Å². The van der Waals surface area contributed by atoms with E-state index in [4.69, 9.17) is 10.5 Å². The molecule has 16 heavy (non-hydrogen) atoms. The third-order valence-electron chi connectivity index (χ3n) is 2.58. The number of hydrogen-bond donors (Lipinski definition) is 1. The van der Waals surface area contributed by atoms with E-state index in [1.165, 1.54) is 12.8 Å². The molecule has 0 saturated carbocycles. The summed E-state index contributed by atoms with van der Waals surface area (Å²) in [6.07, 6.45) is 5.43. The highest BCUT2D eigenvalue weighted by molar-refractivity contribution is 5.53. The second-order valence-corrected chi connectivity index (χ2v) is 4.09. The molecule has 0 aliphatic heterocycles. The van der Waals surface area contributed by atoms with Crippen LogP contribution in [0.25, 0.3) is 0 Å². The zero-order chi connectivity index (χ0) is 12.0. The molecular formula is C12H23N3O. The zero-order valence-corrected chi connectivity index (χ0v) is 10.6. The van der Waals surface area contributed by atoms with Gasteiger partial charge < -0.3 is 10.5 Å². The van der Waals surface area contributed by atoms with Gasteiger partial charge in [-0.15, -0.1) is 0 Å². The summed E-state index contributed by atoms with van der Waals surface area (Å²) >= 11 is 0. The maximum absolute atomic E-state index is 6.00.